The molecule has 1 saturated heterocycles. The number of amides is 1. The number of ether oxygens (including phenoxy) is 2. The molecule has 1 amide bonds. The lowest BCUT2D eigenvalue weighted by atomic mass is 10.1. The summed E-state index contributed by atoms with van der Waals surface area (Å²) in [7, 11) is 3.16. The Morgan fingerprint density at radius 1 is 1.14 bits per heavy atom. The number of carboxylic acids is 1. The molecule has 3 rings (SSSR count). The van der Waals surface area contributed by atoms with Crippen molar-refractivity contribution >= 4 is 46.3 Å². The van der Waals surface area contributed by atoms with Gasteiger partial charge in [-0.25, -0.2) is 4.79 Å². The fourth-order valence-electron chi connectivity index (χ4n) is 2.84. The predicted molar refractivity (Wildman–Crippen MR) is 117 cm³/mol. The molecule has 6 nitrogen and oxygen atoms in total. The van der Waals surface area contributed by atoms with Crippen LogP contribution in [-0.2, 0) is 11.2 Å². The summed E-state index contributed by atoms with van der Waals surface area (Å²) >= 11 is 6.62. The zero-order chi connectivity index (χ0) is 21.0. The van der Waals surface area contributed by atoms with Crippen molar-refractivity contribution in [3.8, 4) is 11.5 Å². The Morgan fingerprint density at radius 2 is 1.83 bits per heavy atom. The van der Waals surface area contributed by atoms with Crippen LogP contribution in [-0.4, -0.2) is 47.0 Å². The number of rotatable bonds is 7. The Bertz CT molecular complexity index is 985. The maximum atomic E-state index is 12.8. The molecule has 0 spiro atoms. The minimum atomic E-state index is -0.988. The van der Waals surface area contributed by atoms with Gasteiger partial charge in [-0.15, -0.1) is 0 Å². The van der Waals surface area contributed by atoms with Gasteiger partial charge >= 0.3 is 5.97 Å². The van der Waals surface area contributed by atoms with Gasteiger partial charge in [0.15, 0.2) is 11.5 Å². The van der Waals surface area contributed by atoms with Crippen molar-refractivity contribution in [3.05, 3.63) is 64.1 Å². The lowest BCUT2D eigenvalue weighted by Crippen LogP contribution is -2.30. The Morgan fingerprint density at radius 3 is 2.45 bits per heavy atom. The highest BCUT2D eigenvalue weighted by molar-refractivity contribution is 8.26. The summed E-state index contributed by atoms with van der Waals surface area (Å²) in [5.74, 6) is 0.152. The highest BCUT2D eigenvalue weighted by Crippen LogP contribution is 2.33. The molecule has 0 saturated carbocycles. The molecule has 0 aromatic heterocycles. The lowest BCUT2D eigenvalue weighted by molar-refractivity contribution is -0.122. The van der Waals surface area contributed by atoms with Gasteiger partial charge in [0.2, 0.25) is 0 Å². The van der Waals surface area contributed by atoms with Gasteiger partial charge in [-0.3, -0.25) is 9.69 Å². The molecule has 0 unspecified atom stereocenters. The van der Waals surface area contributed by atoms with Crippen LogP contribution >= 0.6 is 24.0 Å². The summed E-state index contributed by atoms with van der Waals surface area (Å²) in [6, 6.07) is 12.0. The number of methoxy groups -OCH3 is 2. The maximum absolute atomic E-state index is 12.8. The third-order valence-electron chi connectivity index (χ3n) is 4.40. The van der Waals surface area contributed by atoms with E-state index in [2.05, 4.69) is 0 Å². The van der Waals surface area contributed by atoms with Crippen LogP contribution in [0.25, 0.3) is 6.08 Å². The van der Waals surface area contributed by atoms with Gasteiger partial charge in [0.1, 0.15) is 4.32 Å². The van der Waals surface area contributed by atoms with E-state index >= 15 is 0 Å². The summed E-state index contributed by atoms with van der Waals surface area (Å²) in [5, 5.41) is 8.97. The van der Waals surface area contributed by atoms with Gasteiger partial charge in [-0.1, -0.05) is 42.2 Å². The highest BCUT2D eigenvalue weighted by atomic mass is 32.2. The fourth-order valence-corrected chi connectivity index (χ4v) is 4.15. The third kappa shape index (κ3) is 4.78. The molecule has 1 N–H and O–H groups in total. The summed E-state index contributed by atoms with van der Waals surface area (Å²) in [6.07, 6.45) is 2.34. The van der Waals surface area contributed by atoms with Crippen LogP contribution in [0, 0.1) is 0 Å². The van der Waals surface area contributed by atoms with Crippen molar-refractivity contribution in [1.82, 2.24) is 4.90 Å². The third-order valence-corrected chi connectivity index (χ3v) is 5.78. The first-order valence-electron chi connectivity index (χ1n) is 8.72. The molecule has 0 aliphatic carbocycles. The van der Waals surface area contributed by atoms with Crippen molar-refractivity contribution in [3.63, 3.8) is 0 Å². The first-order valence-corrected chi connectivity index (χ1v) is 9.95. The molecule has 1 aliphatic rings. The van der Waals surface area contributed by atoms with Crippen molar-refractivity contribution < 1.29 is 24.2 Å². The molecule has 29 heavy (non-hydrogen) atoms. The second-order valence-electron chi connectivity index (χ2n) is 6.20. The number of benzene rings is 2. The minimum Gasteiger partial charge on any atom is -0.493 e. The number of nitrogens with zero attached hydrogens (tertiary/aromatic N) is 1. The SMILES string of the molecule is COc1ccc(CCN2C(=O)C(=Cc3ccc(C(=O)O)cc3)SC2=S)cc1OC. The number of carbonyl (C=O) groups is 2. The van der Waals surface area contributed by atoms with Crippen LogP contribution in [0.4, 0.5) is 0 Å². The number of hydrogen-bond acceptors (Lipinski definition) is 6. The normalized spacial score (nSPS) is 15.1. The number of carboxylic acid groups (broad SMARTS) is 1. The summed E-state index contributed by atoms with van der Waals surface area (Å²) in [6.45, 7) is 0.454. The average Bonchev–Trinajstić information content (AvgIpc) is 2.99. The molecule has 2 aromatic rings. The van der Waals surface area contributed by atoms with Crippen molar-refractivity contribution in [2.24, 2.45) is 0 Å². The van der Waals surface area contributed by atoms with Gasteiger partial charge in [0.05, 0.1) is 24.7 Å². The molecule has 0 radical (unpaired) electrons. The van der Waals surface area contributed by atoms with Gasteiger partial charge < -0.3 is 14.6 Å². The van der Waals surface area contributed by atoms with E-state index in [9.17, 15) is 9.59 Å². The minimum absolute atomic E-state index is 0.150. The van der Waals surface area contributed by atoms with Crippen LogP contribution < -0.4 is 9.47 Å². The summed E-state index contributed by atoms with van der Waals surface area (Å²) in [5.41, 5.74) is 1.95. The number of aromatic carboxylic acids is 1. The molecule has 2 aromatic carbocycles. The van der Waals surface area contributed by atoms with E-state index in [-0.39, 0.29) is 11.5 Å². The molecule has 0 bridgehead atoms. The maximum Gasteiger partial charge on any atom is 0.335 e. The first kappa shape index (κ1) is 20.9. The Labute approximate surface area is 178 Å². The summed E-state index contributed by atoms with van der Waals surface area (Å²) < 4.78 is 11.1. The Hall–Kier alpha value is -2.84. The lowest BCUT2D eigenvalue weighted by Gasteiger charge is -2.15. The topological polar surface area (TPSA) is 76.1 Å². The second kappa shape index (κ2) is 9.11. The van der Waals surface area contributed by atoms with Crippen LogP contribution in [0.5, 0.6) is 11.5 Å². The molecule has 1 aliphatic heterocycles. The zero-order valence-corrected chi connectivity index (χ0v) is 17.5. The highest BCUT2D eigenvalue weighted by Gasteiger charge is 2.31. The standard InChI is InChI=1S/C21H19NO5S2/c1-26-16-8-5-14(11-17(16)27-2)9-10-22-19(23)18(29-21(22)28)12-13-3-6-15(7-4-13)20(24)25/h3-8,11-12H,9-10H2,1-2H3,(H,24,25). The van der Waals surface area contributed by atoms with Crippen LogP contribution in [0.3, 0.4) is 0 Å². The van der Waals surface area contributed by atoms with Crippen molar-refractivity contribution in [2.45, 2.75) is 6.42 Å². The van der Waals surface area contributed by atoms with Crippen LogP contribution in [0.1, 0.15) is 21.5 Å². The fraction of sp³-hybridized carbons (Fsp3) is 0.190. The quantitative estimate of drug-likeness (QED) is 0.529. The number of thioether (sulfide) groups is 1. The van der Waals surface area contributed by atoms with E-state index in [1.807, 2.05) is 18.2 Å². The number of thiocarbonyl (C=S) groups is 1. The number of carbonyl (C=O) groups excluding carboxylic acids is 1. The van der Waals surface area contributed by atoms with Gasteiger partial charge in [-0.2, -0.15) is 0 Å². The monoisotopic (exact) mass is 429 g/mol. The number of hydrogen-bond donors (Lipinski definition) is 1. The smallest absolute Gasteiger partial charge is 0.335 e. The first-order chi connectivity index (χ1) is 13.9. The van der Waals surface area contributed by atoms with E-state index in [4.69, 9.17) is 26.8 Å². The van der Waals surface area contributed by atoms with Gasteiger partial charge in [-0.05, 0) is 47.9 Å². The largest absolute Gasteiger partial charge is 0.493 e. The average molecular weight is 430 g/mol. The Kier molecular flexibility index (Phi) is 6.56. The molecular weight excluding hydrogens is 410 g/mol. The van der Waals surface area contributed by atoms with E-state index in [1.165, 1.54) is 23.9 Å². The molecule has 1 heterocycles. The van der Waals surface area contributed by atoms with E-state index in [1.54, 1.807) is 37.3 Å². The van der Waals surface area contributed by atoms with Crippen molar-refractivity contribution in [2.75, 3.05) is 20.8 Å². The zero-order valence-electron chi connectivity index (χ0n) is 15.9. The summed E-state index contributed by atoms with van der Waals surface area (Å²) in [4.78, 5) is 25.8. The van der Waals surface area contributed by atoms with E-state index in [0.717, 1.165) is 11.1 Å². The van der Waals surface area contributed by atoms with Crippen LogP contribution in [0.2, 0.25) is 0 Å². The van der Waals surface area contributed by atoms with Crippen molar-refractivity contribution in [1.29, 1.82) is 0 Å². The molecule has 150 valence electrons. The molecule has 8 heteroatoms. The predicted octanol–water partition coefficient (Wildman–Crippen LogP) is 3.85. The van der Waals surface area contributed by atoms with Crippen LogP contribution in [0.15, 0.2) is 47.4 Å². The molecule has 1 fully saturated rings. The van der Waals surface area contributed by atoms with E-state index < -0.39 is 5.97 Å². The van der Waals surface area contributed by atoms with Gasteiger partial charge in [0.25, 0.3) is 5.91 Å². The van der Waals surface area contributed by atoms with E-state index in [0.29, 0.717) is 33.7 Å². The molecule has 0 atom stereocenters. The Balaban J connectivity index is 1.69. The van der Waals surface area contributed by atoms with Gasteiger partial charge in [0, 0.05) is 6.54 Å². The second-order valence-corrected chi connectivity index (χ2v) is 7.88. The molecular formula is C21H19NO5S2.